The molecule has 2 heterocycles. The van der Waals surface area contributed by atoms with Crippen LogP contribution in [-0.4, -0.2) is 10.7 Å². The summed E-state index contributed by atoms with van der Waals surface area (Å²) in [5.74, 6) is 0.381. The number of nitro benzene ring substituents is 1. The summed E-state index contributed by atoms with van der Waals surface area (Å²) in [6.45, 7) is 1.80. The van der Waals surface area contributed by atoms with Crippen molar-refractivity contribution in [3.05, 3.63) is 86.5 Å². The number of hydrogen-bond acceptors (Lipinski definition) is 5. The maximum absolute atomic E-state index is 12.4. The van der Waals surface area contributed by atoms with Gasteiger partial charge in [-0.2, -0.15) is 0 Å². The third-order valence-electron chi connectivity index (χ3n) is 4.11. The molecule has 1 aliphatic heterocycles. The maximum Gasteiger partial charge on any atom is 0.280 e. The molecule has 0 unspecified atom stereocenters. The Bertz CT molecular complexity index is 1080. The number of Topliss-reactive ketones (excluding diaryl/α,β-unsaturated/α-hetero) is 1. The second kappa shape index (κ2) is 6.31. The fourth-order valence-electron chi connectivity index (χ4n) is 2.86. The average Bonchev–Trinajstić information content (AvgIpc) is 3.21. The van der Waals surface area contributed by atoms with Crippen LogP contribution in [0.4, 0.5) is 5.69 Å². The molecule has 128 valence electrons. The topological polar surface area (TPSA) is 73.3 Å². The molecular formula is C20H13NO4S. The van der Waals surface area contributed by atoms with E-state index in [1.165, 1.54) is 24.1 Å². The predicted octanol–water partition coefficient (Wildman–Crippen LogP) is 5.49. The van der Waals surface area contributed by atoms with E-state index in [0.29, 0.717) is 27.4 Å². The van der Waals surface area contributed by atoms with E-state index in [1.54, 1.807) is 31.2 Å². The number of benzene rings is 2. The summed E-state index contributed by atoms with van der Waals surface area (Å²) in [7, 11) is 0. The highest BCUT2D eigenvalue weighted by atomic mass is 32.2. The minimum Gasteiger partial charge on any atom is -0.463 e. The molecule has 5 nitrogen and oxygen atoms in total. The van der Waals surface area contributed by atoms with Crippen LogP contribution < -0.4 is 0 Å². The Hall–Kier alpha value is -3.12. The van der Waals surface area contributed by atoms with Gasteiger partial charge in [0.1, 0.15) is 5.76 Å². The van der Waals surface area contributed by atoms with Gasteiger partial charge in [-0.15, -0.1) is 0 Å². The lowest BCUT2D eigenvalue weighted by Gasteiger charge is -2.00. The van der Waals surface area contributed by atoms with E-state index in [-0.39, 0.29) is 11.5 Å². The van der Waals surface area contributed by atoms with Crippen molar-refractivity contribution in [3.63, 3.8) is 0 Å². The Morgan fingerprint density at radius 2 is 1.92 bits per heavy atom. The van der Waals surface area contributed by atoms with Gasteiger partial charge in [0.25, 0.3) is 5.69 Å². The van der Waals surface area contributed by atoms with Gasteiger partial charge in [0, 0.05) is 22.1 Å². The van der Waals surface area contributed by atoms with E-state index in [4.69, 9.17) is 4.42 Å². The molecule has 2 aromatic carbocycles. The largest absolute Gasteiger partial charge is 0.463 e. The summed E-state index contributed by atoms with van der Waals surface area (Å²) in [4.78, 5) is 24.9. The lowest BCUT2D eigenvalue weighted by molar-refractivity contribution is -0.384. The van der Waals surface area contributed by atoms with Crippen LogP contribution in [0.5, 0.6) is 0 Å². The number of thioether (sulfide) groups is 1. The van der Waals surface area contributed by atoms with Crippen molar-refractivity contribution in [2.45, 2.75) is 11.8 Å². The lowest BCUT2D eigenvalue weighted by atomic mass is 10.1. The Labute approximate surface area is 153 Å². The second-order valence-electron chi connectivity index (χ2n) is 5.96. The van der Waals surface area contributed by atoms with Crippen molar-refractivity contribution in [2.75, 3.05) is 0 Å². The SMILES string of the molecule is Cc1ccc(-c2cc(/C=C3/Sc4ccccc4C3=O)co2)c([N+](=O)[O-])c1. The fourth-order valence-corrected chi connectivity index (χ4v) is 3.91. The van der Waals surface area contributed by atoms with Gasteiger partial charge in [-0.3, -0.25) is 14.9 Å². The predicted molar refractivity (Wildman–Crippen MR) is 100 cm³/mol. The second-order valence-corrected chi connectivity index (χ2v) is 7.04. The van der Waals surface area contributed by atoms with Gasteiger partial charge in [-0.25, -0.2) is 0 Å². The summed E-state index contributed by atoms with van der Waals surface area (Å²) < 4.78 is 5.53. The number of ketones is 1. The van der Waals surface area contributed by atoms with Crippen molar-refractivity contribution < 1.29 is 14.1 Å². The van der Waals surface area contributed by atoms with E-state index in [0.717, 1.165) is 10.5 Å². The Balaban J connectivity index is 1.69. The number of hydrogen-bond donors (Lipinski definition) is 0. The van der Waals surface area contributed by atoms with Crippen LogP contribution in [-0.2, 0) is 0 Å². The van der Waals surface area contributed by atoms with Crippen molar-refractivity contribution >= 4 is 29.3 Å². The lowest BCUT2D eigenvalue weighted by Crippen LogP contribution is -1.93. The number of furan rings is 1. The van der Waals surface area contributed by atoms with E-state index in [1.807, 2.05) is 24.3 Å². The number of carbonyl (C=O) groups is 1. The number of carbonyl (C=O) groups excluding carboxylic acids is 1. The fraction of sp³-hybridized carbons (Fsp3) is 0.0500. The van der Waals surface area contributed by atoms with Crippen LogP contribution in [0.25, 0.3) is 17.4 Å². The van der Waals surface area contributed by atoms with Crippen molar-refractivity contribution in [1.29, 1.82) is 0 Å². The monoisotopic (exact) mass is 363 g/mol. The zero-order valence-electron chi connectivity index (χ0n) is 13.8. The van der Waals surface area contributed by atoms with E-state index in [2.05, 4.69) is 0 Å². The molecule has 0 bridgehead atoms. The first-order chi connectivity index (χ1) is 12.5. The molecule has 6 heteroatoms. The molecule has 4 rings (SSSR count). The van der Waals surface area contributed by atoms with E-state index >= 15 is 0 Å². The number of allylic oxidation sites excluding steroid dienone is 1. The highest BCUT2D eigenvalue weighted by molar-refractivity contribution is 8.04. The van der Waals surface area contributed by atoms with Crippen LogP contribution in [0.15, 0.2) is 69.0 Å². The third kappa shape index (κ3) is 2.84. The molecule has 0 spiro atoms. The molecule has 0 radical (unpaired) electrons. The number of nitrogens with zero attached hydrogens (tertiary/aromatic N) is 1. The standard InChI is InChI=1S/C20H13NO4S/c1-12-6-7-14(16(8-12)21(23)24)17-9-13(11-25-17)10-19-20(22)15-4-2-3-5-18(15)26-19/h2-11H,1H3/b19-10+. The molecular weight excluding hydrogens is 350 g/mol. The summed E-state index contributed by atoms with van der Waals surface area (Å²) >= 11 is 1.42. The minimum atomic E-state index is -0.421. The number of fused-ring (bicyclic) bond motifs is 1. The van der Waals surface area contributed by atoms with Gasteiger partial charge in [0.05, 0.1) is 21.7 Å². The molecule has 0 atom stereocenters. The highest BCUT2D eigenvalue weighted by Crippen LogP contribution is 2.41. The Morgan fingerprint density at radius 1 is 1.12 bits per heavy atom. The van der Waals surface area contributed by atoms with Crippen LogP contribution in [0.2, 0.25) is 0 Å². The van der Waals surface area contributed by atoms with Gasteiger partial charge >= 0.3 is 0 Å². The summed E-state index contributed by atoms with van der Waals surface area (Å²) in [6.07, 6.45) is 3.25. The molecule has 1 aromatic heterocycles. The minimum absolute atomic E-state index is 0.00252. The molecule has 0 amide bonds. The van der Waals surface area contributed by atoms with Gasteiger partial charge in [0.2, 0.25) is 5.78 Å². The molecule has 0 aliphatic carbocycles. The van der Waals surface area contributed by atoms with E-state index in [9.17, 15) is 14.9 Å². The highest BCUT2D eigenvalue weighted by Gasteiger charge is 2.25. The summed E-state index contributed by atoms with van der Waals surface area (Å²) in [6, 6.07) is 14.2. The molecule has 0 N–H and O–H groups in total. The number of rotatable bonds is 3. The van der Waals surface area contributed by atoms with Crippen LogP contribution >= 0.6 is 11.8 Å². The summed E-state index contributed by atoms with van der Waals surface area (Å²) in [5, 5.41) is 11.3. The zero-order valence-corrected chi connectivity index (χ0v) is 14.6. The van der Waals surface area contributed by atoms with Crippen molar-refractivity contribution in [2.24, 2.45) is 0 Å². The summed E-state index contributed by atoms with van der Waals surface area (Å²) in [5.41, 5.74) is 2.61. The molecule has 0 fully saturated rings. The first kappa shape index (κ1) is 16.4. The van der Waals surface area contributed by atoms with Crippen LogP contribution in [0.3, 0.4) is 0 Å². The first-order valence-electron chi connectivity index (χ1n) is 7.90. The maximum atomic E-state index is 12.4. The average molecular weight is 363 g/mol. The quantitative estimate of drug-likeness (QED) is 0.349. The van der Waals surface area contributed by atoms with Gasteiger partial charge in [-0.05, 0) is 42.8 Å². The molecule has 3 aromatic rings. The molecule has 26 heavy (non-hydrogen) atoms. The Kier molecular flexibility index (Phi) is 3.97. The molecule has 0 saturated heterocycles. The van der Waals surface area contributed by atoms with Gasteiger partial charge in [-0.1, -0.05) is 30.0 Å². The number of nitro groups is 1. The normalized spacial score (nSPS) is 14.7. The smallest absolute Gasteiger partial charge is 0.280 e. The zero-order chi connectivity index (χ0) is 18.3. The van der Waals surface area contributed by atoms with Gasteiger partial charge in [0.15, 0.2) is 0 Å². The van der Waals surface area contributed by atoms with Gasteiger partial charge < -0.3 is 4.42 Å². The van der Waals surface area contributed by atoms with E-state index < -0.39 is 4.92 Å². The van der Waals surface area contributed by atoms with Crippen molar-refractivity contribution in [1.82, 2.24) is 0 Å². The molecule has 0 saturated carbocycles. The van der Waals surface area contributed by atoms with Crippen molar-refractivity contribution in [3.8, 4) is 11.3 Å². The number of aryl methyl sites for hydroxylation is 1. The first-order valence-corrected chi connectivity index (χ1v) is 8.72. The van der Waals surface area contributed by atoms with Crippen LogP contribution in [0, 0.1) is 17.0 Å². The third-order valence-corrected chi connectivity index (χ3v) is 5.21. The Morgan fingerprint density at radius 3 is 2.69 bits per heavy atom. The molecule has 1 aliphatic rings. The van der Waals surface area contributed by atoms with Crippen LogP contribution in [0.1, 0.15) is 21.5 Å².